The quantitative estimate of drug-likeness (QED) is 0.431. The smallest absolute Gasteiger partial charge is 0.133 e. The largest absolute Gasteiger partial charge is 0.487 e. The molecule has 3 unspecified atom stereocenters. The van der Waals surface area contributed by atoms with Gasteiger partial charge in [-0.15, -0.1) is 0 Å². The molecule has 0 bridgehead atoms. The maximum atomic E-state index is 10.0. The topological polar surface area (TPSA) is 129 Å². The van der Waals surface area contributed by atoms with Crippen LogP contribution in [0, 0.1) is 5.41 Å². The van der Waals surface area contributed by atoms with Gasteiger partial charge in [0, 0.05) is 23.9 Å². The first-order valence-electron chi connectivity index (χ1n) is 9.96. The summed E-state index contributed by atoms with van der Waals surface area (Å²) in [6.07, 6.45) is 2.75. The Hall–Kier alpha value is -2.71. The predicted molar refractivity (Wildman–Crippen MR) is 111 cm³/mol. The van der Waals surface area contributed by atoms with E-state index in [2.05, 4.69) is 16.9 Å². The zero-order valence-electron chi connectivity index (χ0n) is 16.7. The summed E-state index contributed by atoms with van der Waals surface area (Å²) < 4.78 is 6.14. The summed E-state index contributed by atoms with van der Waals surface area (Å²) in [7, 11) is 0. The average molecular weight is 397 g/mol. The van der Waals surface area contributed by atoms with E-state index >= 15 is 0 Å². The molecule has 0 amide bonds. The SMILES string of the molecule is CCC1(Oc2ccc(N)c(C(=N)c3cc(N4CC(O)C(O)C4C)ncn3)c2)CC1. The molecule has 4 rings (SSSR count). The second kappa shape index (κ2) is 7.27. The number of aliphatic hydroxyl groups is 2. The Labute approximate surface area is 169 Å². The molecule has 2 aliphatic rings. The third kappa shape index (κ3) is 3.65. The Balaban J connectivity index is 1.60. The van der Waals surface area contributed by atoms with Crippen LogP contribution in [-0.2, 0) is 0 Å². The number of aromatic nitrogens is 2. The van der Waals surface area contributed by atoms with Crippen molar-refractivity contribution in [3.63, 3.8) is 0 Å². The average Bonchev–Trinajstić information content (AvgIpc) is 3.46. The Morgan fingerprint density at radius 3 is 2.69 bits per heavy atom. The Morgan fingerprint density at radius 1 is 1.31 bits per heavy atom. The van der Waals surface area contributed by atoms with Crippen molar-refractivity contribution in [3.05, 3.63) is 41.9 Å². The van der Waals surface area contributed by atoms with E-state index in [-0.39, 0.29) is 23.9 Å². The molecule has 1 saturated carbocycles. The lowest BCUT2D eigenvalue weighted by Crippen LogP contribution is -2.33. The van der Waals surface area contributed by atoms with Gasteiger partial charge in [-0.1, -0.05) is 6.92 Å². The molecule has 1 saturated heterocycles. The van der Waals surface area contributed by atoms with Gasteiger partial charge in [0.2, 0.25) is 0 Å². The number of benzene rings is 1. The number of nitrogens with one attached hydrogen (secondary N) is 1. The summed E-state index contributed by atoms with van der Waals surface area (Å²) in [5.74, 6) is 1.25. The van der Waals surface area contributed by atoms with Crippen LogP contribution < -0.4 is 15.4 Å². The minimum absolute atomic E-state index is 0.0782. The summed E-state index contributed by atoms with van der Waals surface area (Å²) in [5.41, 5.74) is 7.68. The molecule has 5 N–H and O–H groups in total. The summed E-state index contributed by atoms with van der Waals surface area (Å²) >= 11 is 0. The normalized spacial score (nSPS) is 25.1. The van der Waals surface area contributed by atoms with Crippen molar-refractivity contribution in [1.82, 2.24) is 9.97 Å². The molecule has 29 heavy (non-hydrogen) atoms. The van der Waals surface area contributed by atoms with Gasteiger partial charge >= 0.3 is 0 Å². The van der Waals surface area contributed by atoms with Gasteiger partial charge in [-0.25, -0.2) is 9.97 Å². The molecule has 2 heterocycles. The van der Waals surface area contributed by atoms with Crippen LogP contribution in [0.3, 0.4) is 0 Å². The number of anilines is 2. The minimum Gasteiger partial charge on any atom is -0.487 e. The van der Waals surface area contributed by atoms with Crippen molar-refractivity contribution in [3.8, 4) is 5.75 Å². The zero-order chi connectivity index (χ0) is 20.8. The number of hydrogen-bond donors (Lipinski definition) is 4. The second-order valence-electron chi connectivity index (χ2n) is 7.98. The van der Waals surface area contributed by atoms with Crippen molar-refractivity contribution in [2.24, 2.45) is 0 Å². The fourth-order valence-corrected chi connectivity index (χ4v) is 3.80. The number of hydrogen-bond acceptors (Lipinski definition) is 8. The van der Waals surface area contributed by atoms with Crippen molar-refractivity contribution in [2.45, 2.75) is 57.0 Å². The van der Waals surface area contributed by atoms with Crippen LogP contribution >= 0.6 is 0 Å². The van der Waals surface area contributed by atoms with E-state index in [9.17, 15) is 10.2 Å². The number of β-amino-alcohol motifs (C(OH)–C–C–N with tert-alkyl or cyclic N) is 1. The molecular weight excluding hydrogens is 370 g/mol. The number of rotatable bonds is 6. The summed E-state index contributed by atoms with van der Waals surface area (Å²) in [6.45, 7) is 4.22. The van der Waals surface area contributed by atoms with E-state index in [0.29, 0.717) is 28.5 Å². The van der Waals surface area contributed by atoms with Gasteiger partial charge in [0.25, 0.3) is 0 Å². The fourth-order valence-electron chi connectivity index (χ4n) is 3.80. The first-order chi connectivity index (χ1) is 13.8. The lowest BCUT2D eigenvalue weighted by Gasteiger charge is -2.23. The minimum atomic E-state index is -0.842. The van der Waals surface area contributed by atoms with Crippen LogP contribution in [0.15, 0.2) is 30.6 Å². The van der Waals surface area contributed by atoms with Gasteiger partial charge in [0.05, 0.1) is 23.6 Å². The van der Waals surface area contributed by atoms with Crippen LogP contribution in [0.25, 0.3) is 0 Å². The van der Waals surface area contributed by atoms with Crippen LogP contribution in [-0.4, -0.2) is 56.3 Å². The van der Waals surface area contributed by atoms with E-state index < -0.39 is 12.2 Å². The Bertz CT molecular complexity index is 930. The van der Waals surface area contributed by atoms with Crippen LogP contribution in [0.4, 0.5) is 11.5 Å². The summed E-state index contributed by atoms with van der Waals surface area (Å²) in [6, 6.07) is 6.78. The van der Waals surface area contributed by atoms with E-state index in [1.54, 1.807) is 18.2 Å². The standard InChI is InChI=1S/C21H27N5O3/c1-3-21(6-7-21)29-13-4-5-15(22)14(8-13)19(23)16-9-18(25-11-24-16)26-10-17(27)20(28)12(26)2/h4-5,8-9,11-12,17,20,23,27-28H,3,6-7,10,22H2,1-2H3. The monoisotopic (exact) mass is 397 g/mol. The van der Waals surface area contributed by atoms with Crippen LogP contribution in [0.1, 0.15) is 44.4 Å². The molecule has 8 nitrogen and oxygen atoms in total. The molecular formula is C21H27N5O3. The van der Waals surface area contributed by atoms with Gasteiger partial charge in [-0.3, -0.25) is 5.41 Å². The zero-order valence-corrected chi connectivity index (χ0v) is 16.7. The molecule has 0 spiro atoms. The van der Waals surface area contributed by atoms with Gasteiger partial charge in [-0.2, -0.15) is 0 Å². The molecule has 1 aromatic heterocycles. The highest BCUT2D eigenvalue weighted by molar-refractivity contribution is 6.13. The third-order valence-corrected chi connectivity index (χ3v) is 6.05. The Morgan fingerprint density at radius 2 is 2.07 bits per heavy atom. The summed E-state index contributed by atoms with van der Waals surface area (Å²) in [5, 5.41) is 28.6. The molecule has 3 atom stereocenters. The van der Waals surface area contributed by atoms with E-state index in [1.807, 2.05) is 17.9 Å². The predicted octanol–water partition coefficient (Wildman–Crippen LogP) is 1.73. The van der Waals surface area contributed by atoms with Gasteiger partial charge in [0.1, 0.15) is 29.6 Å². The van der Waals surface area contributed by atoms with Crippen molar-refractivity contribution in [2.75, 3.05) is 17.2 Å². The molecule has 154 valence electrons. The molecule has 2 fully saturated rings. The van der Waals surface area contributed by atoms with Crippen molar-refractivity contribution in [1.29, 1.82) is 5.41 Å². The first kappa shape index (κ1) is 19.6. The summed E-state index contributed by atoms with van der Waals surface area (Å²) in [4.78, 5) is 10.3. The second-order valence-corrected chi connectivity index (χ2v) is 7.98. The van der Waals surface area contributed by atoms with Crippen molar-refractivity contribution >= 4 is 17.2 Å². The molecule has 1 aromatic carbocycles. The van der Waals surface area contributed by atoms with E-state index in [0.717, 1.165) is 19.3 Å². The number of nitrogens with two attached hydrogens (primary N) is 1. The molecule has 8 heteroatoms. The maximum Gasteiger partial charge on any atom is 0.133 e. The maximum absolute atomic E-state index is 10.0. The van der Waals surface area contributed by atoms with Crippen molar-refractivity contribution < 1.29 is 14.9 Å². The lowest BCUT2D eigenvalue weighted by molar-refractivity contribution is 0.0438. The highest BCUT2D eigenvalue weighted by Crippen LogP contribution is 2.43. The van der Waals surface area contributed by atoms with Gasteiger partial charge in [-0.05, 0) is 44.4 Å². The van der Waals surface area contributed by atoms with Gasteiger partial charge < -0.3 is 25.6 Å². The molecule has 0 radical (unpaired) electrons. The van der Waals surface area contributed by atoms with Crippen LogP contribution in [0.2, 0.25) is 0 Å². The van der Waals surface area contributed by atoms with Gasteiger partial charge in [0.15, 0.2) is 0 Å². The highest BCUT2D eigenvalue weighted by Gasteiger charge is 2.43. The van der Waals surface area contributed by atoms with Crippen LogP contribution in [0.5, 0.6) is 5.75 Å². The number of nitrogen functional groups attached to an aromatic ring is 1. The lowest BCUT2D eigenvalue weighted by atomic mass is 10.0. The van der Waals surface area contributed by atoms with E-state index in [4.69, 9.17) is 15.9 Å². The highest BCUT2D eigenvalue weighted by atomic mass is 16.5. The Kier molecular flexibility index (Phi) is 4.92. The first-order valence-corrected chi connectivity index (χ1v) is 9.96. The molecule has 2 aromatic rings. The van der Waals surface area contributed by atoms with E-state index in [1.165, 1.54) is 6.33 Å². The number of aliphatic hydroxyl groups excluding tert-OH is 2. The third-order valence-electron chi connectivity index (χ3n) is 6.05. The molecule has 1 aliphatic carbocycles. The fraction of sp³-hybridized carbons (Fsp3) is 0.476. The molecule has 1 aliphatic heterocycles. The number of ether oxygens (including phenoxy) is 1. The number of nitrogens with zero attached hydrogens (tertiary/aromatic N) is 3.